The van der Waals surface area contributed by atoms with E-state index in [4.69, 9.17) is 11.6 Å². The predicted octanol–water partition coefficient (Wildman–Crippen LogP) is 3.69. The van der Waals surface area contributed by atoms with Crippen LogP contribution in [0.4, 0.5) is 0 Å². The molecule has 0 radical (unpaired) electrons. The molecule has 1 amide bonds. The maximum absolute atomic E-state index is 11.9. The van der Waals surface area contributed by atoms with Crippen LogP contribution >= 0.6 is 46.9 Å². The van der Waals surface area contributed by atoms with Gasteiger partial charge in [-0.3, -0.25) is 4.79 Å². The molecule has 26 heavy (non-hydrogen) atoms. The van der Waals surface area contributed by atoms with Gasteiger partial charge in [-0.25, -0.2) is 4.99 Å². The second-order valence-corrected chi connectivity index (χ2v) is 7.32. The van der Waals surface area contributed by atoms with Gasteiger partial charge in [0.25, 0.3) is 0 Å². The molecule has 2 aromatic rings. The summed E-state index contributed by atoms with van der Waals surface area (Å²) >= 11 is 7.74. The fourth-order valence-electron chi connectivity index (χ4n) is 2.16. The monoisotopic (exact) mass is 506 g/mol. The van der Waals surface area contributed by atoms with Crippen molar-refractivity contribution in [1.82, 2.24) is 15.1 Å². The van der Waals surface area contributed by atoms with Gasteiger partial charge < -0.3 is 15.1 Å². The molecule has 0 unspecified atom stereocenters. The average Bonchev–Trinajstić information content (AvgIpc) is 3.07. The second kappa shape index (κ2) is 11.4. The van der Waals surface area contributed by atoms with E-state index in [-0.39, 0.29) is 36.4 Å². The van der Waals surface area contributed by atoms with Gasteiger partial charge in [0, 0.05) is 37.6 Å². The van der Waals surface area contributed by atoms with Crippen LogP contribution in [0.2, 0.25) is 5.02 Å². The Bertz CT molecular complexity index is 722. The van der Waals surface area contributed by atoms with Crippen LogP contribution in [0.3, 0.4) is 0 Å². The Balaban J connectivity index is 0.00000338. The first-order valence-electron chi connectivity index (χ1n) is 7.92. The molecule has 142 valence electrons. The van der Waals surface area contributed by atoms with Gasteiger partial charge in [-0.15, -0.1) is 35.3 Å². The largest absolute Gasteiger partial charge is 0.351 e. The lowest BCUT2D eigenvalue weighted by Gasteiger charge is -2.23. The maximum atomic E-state index is 11.9. The Morgan fingerprint density at radius 1 is 1.23 bits per heavy atom. The number of carbonyl (C=O) groups excluding carboxylic acids is 1. The highest BCUT2D eigenvalue weighted by atomic mass is 127. The van der Waals surface area contributed by atoms with E-state index < -0.39 is 0 Å². The number of guanidine groups is 1. The molecule has 0 aliphatic heterocycles. The van der Waals surface area contributed by atoms with E-state index in [1.54, 1.807) is 25.4 Å². The fourth-order valence-corrected chi connectivity index (χ4v) is 3.02. The summed E-state index contributed by atoms with van der Waals surface area (Å²) in [6, 6.07) is 11.8. The van der Waals surface area contributed by atoms with Crippen molar-refractivity contribution in [2.75, 3.05) is 27.7 Å². The van der Waals surface area contributed by atoms with Crippen molar-refractivity contribution < 1.29 is 4.79 Å². The van der Waals surface area contributed by atoms with Crippen molar-refractivity contribution in [2.24, 2.45) is 4.99 Å². The van der Waals surface area contributed by atoms with E-state index in [0.717, 1.165) is 5.56 Å². The van der Waals surface area contributed by atoms with Gasteiger partial charge in [-0.05, 0) is 29.1 Å². The van der Waals surface area contributed by atoms with Gasteiger partial charge in [-0.2, -0.15) is 0 Å². The molecule has 1 heterocycles. The zero-order valence-corrected chi connectivity index (χ0v) is 19.0. The van der Waals surface area contributed by atoms with Gasteiger partial charge >= 0.3 is 0 Å². The van der Waals surface area contributed by atoms with Gasteiger partial charge in [0.1, 0.15) is 6.54 Å². The first-order chi connectivity index (χ1) is 12.0. The zero-order chi connectivity index (χ0) is 18.2. The number of halogens is 2. The number of benzene rings is 1. The Hall–Kier alpha value is -1.32. The third kappa shape index (κ3) is 7.51. The number of nitrogens with one attached hydrogen (secondary N) is 1. The number of nitrogens with zero attached hydrogens (tertiary/aromatic N) is 3. The molecule has 8 heteroatoms. The molecule has 0 saturated heterocycles. The molecule has 0 spiro atoms. The summed E-state index contributed by atoms with van der Waals surface area (Å²) in [5, 5.41) is 6.08. The van der Waals surface area contributed by atoms with Crippen molar-refractivity contribution in [1.29, 1.82) is 0 Å². The van der Waals surface area contributed by atoms with Gasteiger partial charge in [0.15, 0.2) is 5.96 Å². The Morgan fingerprint density at radius 3 is 2.62 bits per heavy atom. The van der Waals surface area contributed by atoms with Crippen LogP contribution in [0.5, 0.6) is 0 Å². The fraction of sp³-hybridized carbons (Fsp3) is 0.333. The quantitative estimate of drug-likeness (QED) is 0.369. The molecule has 0 aliphatic rings. The molecule has 0 fully saturated rings. The number of likely N-dealkylation sites (N-methyl/N-ethyl adjacent to an activating group) is 1. The minimum absolute atomic E-state index is 0. The molecule has 0 bridgehead atoms. The zero-order valence-electron chi connectivity index (χ0n) is 15.1. The SMILES string of the molecule is CN(C)C(=O)CN=C(NCc1cccs1)N(C)Cc1cccc(Cl)c1.I. The number of amides is 1. The summed E-state index contributed by atoms with van der Waals surface area (Å²) in [7, 11) is 5.40. The topological polar surface area (TPSA) is 47.9 Å². The Labute approximate surface area is 181 Å². The molecule has 2 rings (SSSR count). The van der Waals surface area contributed by atoms with Crippen LogP contribution < -0.4 is 5.32 Å². The van der Waals surface area contributed by atoms with Crippen LogP contribution in [0, 0.1) is 0 Å². The Morgan fingerprint density at radius 2 is 2.00 bits per heavy atom. The highest BCUT2D eigenvalue weighted by Gasteiger charge is 2.10. The predicted molar refractivity (Wildman–Crippen MR) is 120 cm³/mol. The van der Waals surface area contributed by atoms with E-state index in [1.807, 2.05) is 47.7 Å². The molecule has 0 atom stereocenters. The highest BCUT2D eigenvalue weighted by Crippen LogP contribution is 2.13. The first kappa shape index (κ1) is 22.7. The first-order valence-corrected chi connectivity index (χ1v) is 9.18. The van der Waals surface area contributed by atoms with E-state index in [1.165, 1.54) is 9.78 Å². The maximum Gasteiger partial charge on any atom is 0.243 e. The molecule has 1 aromatic carbocycles. The summed E-state index contributed by atoms with van der Waals surface area (Å²) in [5.74, 6) is 0.648. The van der Waals surface area contributed by atoms with E-state index in [0.29, 0.717) is 24.1 Å². The number of hydrogen-bond acceptors (Lipinski definition) is 3. The normalized spacial score (nSPS) is 10.8. The van der Waals surface area contributed by atoms with Gasteiger partial charge in [0.05, 0.1) is 6.54 Å². The minimum atomic E-state index is -0.0356. The number of aliphatic imine (C=N–C) groups is 1. The van der Waals surface area contributed by atoms with E-state index in [9.17, 15) is 4.79 Å². The number of thiophene rings is 1. The molecule has 0 saturated carbocycles. The van der Waals surface area contributed by atoms with Crippen LogP contribution in [0.15, 0.2) is 46.8 Å². The highest BCUT2D eigenvalue weighted by molar-refractivity contribution is 14.0. The van der Waals surface area contributed by atoms with Crippen molar-refractivity contribution in [3.63, 3.8) is 0 Å². The third-order valence-corrected chi connectivity index (χ3v) is 4.65. The number of rotatable bonds is 6. The minimum Gasteiger partial charge on any atom is -0.351 e. The van der Waals surface area contributed by atoms with Gasteiger partial charge in [0.2, 0.25) is 5.91 Å². The summed E-state index contributed by atoms with van der Waals surface area (Å²) in [5.41, 5.74) is 1.08. The Kier molecular flexibility index (Phi) is 9.97. The van der Waals surface area contributed by atoms with Crippen molar-refractivity contribution >= 4 is 58.8 Å². The van der Waals surface area contributed by atoms with Crippen molar-refractivity contribution in [3.8, 4) is 0 Å². The lowest BCUT2D eigenvalue weighted by Crippen LogP contribution is -2.39. The van der Waals surface area contributed by atoms with Crippen LogP contribution in [-0.2, 0) is 17.9 Å². The number of carbonyl (C=O) groups is 1. The standard InChI is InChI=1S/C18H23ClN4OS.HI/c1-22(2)17(24)12-21-18(20-11-16-8-5-9-25-16)23(3)13-14-6-4-7-15(19)10-14;/h4-10H,11-13H2,1-3H3,(H,20,21);1H. The lowest BCUT2D eigenvalue weighted by atomic mass is 10.2. The molecular weight excluding hydrogens is 483 g/mol. The average molecular weight is 507 g/mol. The van der Waals surface area contributed by atoms with Crippen molar-refractivity contribution in [3.05, 3.63) is 57.2 Å². The third-order valence-electron chi connectivity index (χ3n) is 3.53. The second-order valence-electron chi connectivity index (χ2n) is 5.85. The summed E-state index contributed by atoms with van der Waals surface area (Å²) in [4.78, 5) is 21.1. The van der Waals surface area contributed by atoms with Gasteiger partial charge in [-0.1, -0.05) is 29.8 Å². The molecular formula is C18H24ClIN4OS. The summed E-state index contributed by atoms with van der Waals surface area (Å²) in [6.07, 6.45) is 0. The molecule has 5 nitrogen and oxygen atoms in total. The number of hydrogen-bond donors (Lipinski definition) is 1. The molecule has 1 N–H and O–H groups in total. The lowest BCUT2D eigenvalue weighted by molar-refractivity contribution is -0.127. The molecule has 0 aliphatic carbocycles. The smallest absolute Gasteiger partial charge is 0.243 e. The summed E-state index contributed by atoms with van der Waals surface area (Å²) in [6.45, 7) is 1.43. The molecule has 1 aromatic heterocycles. The van der Waals surface area contributed by atoms with E-state index >= 15 is 0 Å². The van der Waals surface area contributed by atoms with Crippen LogP contribution in [0.1, 0.15) is 10.4 Å². The van der Waals surface area contributed by atoms with Crippen molar-refractivity contribution in [2.45, 2.75) is 13.1 Å². The van der Waals surface area contributed by atoms with Crippen LogP contribution in [0.25, 0.3) is 0 Å². The van der Waals surface area contributed by atoms with E-state index in [2.05, 4.69) is 16.4 Å². The van der Waals surface area contributed by atoms with Crippen LogP contribution in [-0.4, -0.2) is 49.4 Å². The summed E-state index contributed by atoms with van der Waals surface area (Å²) < 4.78 is 0.